The number of nitrogens with zero attached hydrogens (tertiary/aromatic N) is 1. The van der Waals surface area contributed by atoms with Crippen molar-refractivity contribution in [2.75, 3.05) is 7.11 Å². The van der Waals surface area contributed by atoms with Crippen molar-refractivity contribution in [3.05, 3.63) is 64.1 Å². The van der Waals surface area contributed by atoms with Gasteiger partial charge in [-0.3, -0.25) is 9.36 Å². The van der Waals surface area contributed by atoms with E-state index in [0.717, 1.165) is 0 Å². The van der Waals surface area contributed by atoms with Gasteiger partial charge in [0.25, 0.3) is 0 Å². The minimum absolute atomic E-state index is 0.133. The van der Waals surface area contributed by atoms with Crippen LogP contribution in [0.25, 0.3) is 11.1 Å². The summed E-state index contributed by atoms with van der Waals surface area (Å²) >= 11 is 0. The Balaban J connectivity index is 2.02. The van der Waals surface area contributed by atoms with Gasteiger partial charge in [0, 0.05) is 18.2 Å². The Morgan fingerprint density at radius 3 is 2.43 bits per heavy atom. The Morgan fingerprint density at radius 2 is 1.76 bits per heavy atom. The molecule has 1 heterocycles. The second kappa shape index (κ2) is 4.94. The van der Waals surface area contributed by atoms with E-state index in [2.05, 4.69) is 0 Å². The maximum Gasteiger partial charge on any atom is 0.419 e. The van der Waals surface area contributed by atoms with Crippen molar-refractivity contribution in [1.29, 1.82) is 0 Å². The van der Waals surface area contributed by atoms with Crippen molar-refractivity contribution in [3.63, 3.8) is 0 Å². The van der Waals surface area contributed by atoms with Crippen molar-refractivity contribution in [2.45, 2.75) is 0 Å². The van der Waals surface area contributed by atoms with E-state index in [-0.39, 0.29) is 5.78 Å². The Morgan fingerprint density at radius 1 is 1.10 bits per heavy atom. The molecule has 0 atom stereocenters. The fourth-order valence-corrected chi connectivity index (χ4v) is 2.18. The van der Waals surface area contributed by atoms with Crippen LogP contribution in [0, 0.1) is 0 Å². The normalized spacial score (nSPS) is 10.8. The first-order chi connectivity index (χ1) is 10.1. The molecule has 0 aliphatic carbocycles. The second-order valence-electron chi connectivity index (χ2n) is 4.67. The lowest BCUT2D eigenvalue weighted by atomic mass is 10.0. The number of benzene rings is 2. The summed E-state index contributed by atoms with van der Waals surface area (Å²) in [6.07, 6.45) is 0. The number of ether oxygens (including phenoxy) is 1. The zero-order chi connectivity index (χ0) is 15.0. The Hall–Kier alpha value is -2.82. The Labute approximate surface area is 120 Å². The predicted molar refractivity (Wildman–Crippen MR) is 77.9 cm³/mol. The molecule has 0 spiro atoms. The summed E-state index contributed by atoms with van der Waals surface area (Å²) in [5.41, 5.74) is 2.09. The summed E-state index contributed by atoms with van der Waals surface area (Å²) in [6, 6.07) is 11.8. The van der Waals surface area contributed by atoms with Crippen LogP contribution >= 0.6 is 0 Å². The second-order valence-corrected chi connectivity index (χ2v) is 4.67. The van der Waals surface area contributed by atoms with Gasteiger partial charge in [-0.1, -0.05) is 0 Å². The van der Waals surface area contributed by atoms with E-state index in [1.54, 1.807) is 56.6 Å². The maximum absolute atomic E-state index is 12.4. The maximum atomic E-state index is 12.4. The molecule has 0 unspecified atom stereocenters. The molecule has 1 aromatic heterocycles. The highest BCUT2D eigenvalue weighted by atomic mass is 16.5. The first kappa shape index (κ1) is 13.2. The minimum atomic E-state index is -0.445. The third-order valence-corrected chi connectivity index (χ3v) is 3.41. The van der Waals surface area contributed by atoms with Gasteiger partial charge in [0.2, 0.25) is 0 Å². The molecule has 21 heavy (non-hydrogen) atoms. The number of hydrogen-bond donors (Lipinski definition) is 0. The molecule has 0 N–H and O–H groups in total. The van der Waals surface area contributed by atoms with Crippen LogP contribution in [0.5, 0.6) is 5.75 Å². The molecular weight excluding hydrogens is 270 g/mol. The predicted octanol–water partition coefficient (Wildman–Crippen LogP) is 2.37. The van der Waals surface area contributed by atoms with Gasteiger partial charge in [-0.15, -0.1) is 0 Å². The van der Waals surface area contributed by atoms with Crippen LogP contribution in [0.3, 0.4) is 0 Å². The van der Waals surface area contributed by atoms with Crippen LogP contribution in [0.15, 0.2) is 51.7 Å². The monoisotopic (exact) mass is 283 g/mol. The fraction of sp³-hybridized carbons (Fsp3) is 0.125. The average molecular weight is 283 g/mol. The molecule has 0 radical (unpaired) electrons. The van der Waals surface area contributed by atoms with E-state index in [9.17, 15) is 9.59 Å². The zero-order valence-electron chi connectivity index (χ0n) is 11.6. The molecule has 0 aliphatic rings. The van der Waals surface area contributed by atoms with E-state index in [4.69, 9.17) is 9.15 Å². The molecule has 0 bridgehead atoms. The van der Waals surface area contributed by atoms with Gasteiger partial charge in [0.1, 0.15) is 5.75 Å². The van der Waals surface area contributed by atoms with Crippen molar-refractivity contribution >= 4 is 16.9 Å². The molecular formula is C16H13NO4. The molecule has 0 saturated carbocycles. The SMILES string of the molecule is COc1ccc(C(=O)c2ccc3c(c2)oc(=O)n3C)cc1. The summed E-state index contributed by atoms with van der Waals surface area (Å²) in [4.78, 5) is 23.9. The lowest BCUT2D eigenvalue weighted by molar-refractivity contribution is 0.103. The van der Waals surface area contributed by atoms with Crippen molar-refractivity contribution in [1.82, 2.24) is 4.57 Å². The molecule has 3 aromatic rings. The first-order valence-corrected chi connectivity index (χ1v) is 6.38. The number of oxazole rings is 1. The highest BCUT2D eigenvalue weighted by Gasteiger charge is 2.13. The van der Waals surface area contributed by atoms with Gasteiger partial charge < -0.3 is 9.15 Å². The quantitative estimate of drug-likeness (QED) is 0.692. The van der Waals surface area contributed by atoms with E-state index in [0.29, 0.717) is 28.0 Å². The number of rotatable bonds is 3. The number of hydrogen-bond acceptors (Lipinski definition) is 4. The topological polar surface area (TPSA) is 61.4 Å². The van der Waals surface area contributed by atoms with Crippen LogP contribution in [-0.2, 0) is 7.05 Å². The van der Waals surface area contributed by atoms with Crippen LogP contribution in [0.1, 0.15) is 15.9 Å². The van der Waals surface area contributed by atoms with Crippen LogP contribution in [-0.4, -0.2) is 17.5 Å². The van der Waals surface area contributed by atoms with Gasteiger partial charge in [0.05, 0.1) is 12.6 Å². The standard InChI is InChI=1S/C16H13NO4/c1-17-13-8-5-11(9-14(13)21-16(17)19)15(18)10-3-6-12(20-2)7-4-10/h3-9H,1-2H3. The third kappa shape index (κ3) is 2.23. The Bertz CT molecular complexity index is 871. The van der Waals surface area contributed by atoms with E-state index < -0.39 is 5.76 Å². The number of fused-ring (bicyclic) bond motifs is 1. The molecule has 3 rings (SSSR count). The van der Waals surface area contributed by atoms with E-state index in [1.165, 1.54) is 4.57 Å². The highest BCUT2D eigenvalue weighted by molar-refractivity contribution is 6.10. The first-order valence-electron chi connectivity index (χ1n) is 6.38. The summed E-state index contributed by atoms with van der Waals surface area (Å²) in [7, 11) is 3.20. The molecule has 2 aromatic carbocycles. The van der Waals surface area contributed by atoms with Crippen molar-refractivity contribution in [3.8, 4) is 5.75 Å². The number of ketones is 1. The van der Waals surface area contributed by atoms with Crippen molar-refractivity contribution in [2.24, 2.45) is 7.05 Å². The van der Waals surface area contributed by atoms with Crippen LogP contribution in [0.2, 0.25) is 0 Å². The summed E-state index contributed by atoms with van der Waals surface area (Å²) in [5, 5.41) is 0. The number of aromatic nitrogens is 1. The molecule has 0 fully saturated rings. The van der Waals surface area contributed by atoms with Gasteiger partial charge in [-0.25, -0.2) is 4.79 Å². The molecule has 0 amide bonds. The summed E-state index contributed by atoms with van der Waals surface area (Å²) in [5.74, 6) is 0.112. The Kier molecular flexibility index (Phi) is 3.10. The summed E-state index contributed by atoms with van der Waals surface area (Å²) in [6.45, 7) is 0. The number of carbonyl (C=O) groups excluding carboxylic acids is 1. The summed E-state index contributed by atoms with van der Waals surface area (Å²) < 4.78 is 11.6. The fourth-order valence-electron chi connectivity index (χ4n) is 2.18. The van der Waals surface area contributed by atoms with Crippen LogP contribution < -0.4 is 10.5 Å². The van der Waals surface area contributed by atoms with Gasteiger partial charge >= 0.3 is 5.76 Å². The number of methoxy groups -OCH3 is 1. The van der Waals surface area contributed by atoms with Crippen LogP contribution in [0.4, 0.5) is 0 Å². The number of aryl methyl sites for hydroxylation is 1. The van der Waals surface area contributed by atoms with Gasteiger partial charge in [-0.2, -0.15) is 0 Å². The third-order valence-electron chi connectivity index (χ3n) is 3.41. The molecule has 0 aliphatic heterocycles. The van der Waals surface area contributed by atoms with Gasteiger partial charge in [0.15, 0.2) is 11.4 Å². The molecule has 0 saturated heterocycles. The van der Waals surface area contributed by atoms with Gasteiger partial charge in [-0.05, 0) is 42.5 Å². The lowest BCUT2D eigenvalue weighted by Crippen LogP contribution is -2.08. The molecule has 5 heteroatoms. The average Bonchev–Trinajstić information content (AvgIpc) is 2.81. The van der Waals surface area contributed by atoms with E-state index >= 15 is 0 Å². The molecule has 106 valence electrons. The van der Waals surface area contributed by atoms with Crippen molar-refractivity contribution < 1.29 is 13.9 Å². The minimum Gasteiger partial charge on any atom is -0.497 e. The lowest BCUT2D eigenvalue weighted by Gasteiger charge is -2.03. The number of carbonyl (C=O) groups is 1. The van der Waals surface area contributed by atoms with E-state index in [1.807, 2.05) is 0 Å². The smallest absolute Gasteiger partial charge is 0.419 e. The zero-order valence-corrected chi connectivity index (χ0v) is 11.6. The largest absolute Gasteiger partial charge is 0.497 e. The highest BCUT2D eigenvalue weighted by Crippen LogP contribution is 2.19. The molecule has 5 nitrogen and oxygen atoms in total.